The van der Waals surface area contributed by atoms with Crippen LogP contribution in [0, 0.1) is 3.95 Å². The van der Waals surface area contributed by atoms with Gasteiger partial charge in [-0.2, -0.15) is 0 Å². The lowest BCUT2D eigenvalue weighted by atomic mass is 10.2. The topological polar surface area (TPSA) is 30.9 Å². The number of nitrogens with two attached hydrogens (primary N) is 1. The zero-order valence-electron chi connectivity index (χ0n) is 6.81. The number of nitrogen functional groups attached to an aromatic ring is 1. The van der Waals surface area contributed by atoms with E-state index in [1.807, 2.05) is 35.7 Å². The van der Waals surface area contributed by atoms with Crippen LogP contribution in [-0.2, 0) is 0 Å². The predicted octanol–water partition coefficient (Wildman–Crippen LogP) is 2.66. The van der Waals surface area contributed by atoms with Crippen LogP contribution in [0.4, 0.5) is 0 Å². The Morgan fingerprint density at radius 2 is 1.92 bits per heavy atom. The molecule has 0 bridgehead atoms. The Labute approximate surface area is 85.2 Å². The molecule has 2 rings (SSSR count). The third-order valence-electron chi connectivity index (χ3n) is 1.80. The van der Waals surface area contributed by atoms with E-state index < -0.39 is 0 Å². The van der Waals surface area contributed by atoms with E-state index in [1.54, 1.807) is 0 Å². The average molecular weight is 208 g/mol. The van der Waals surface area contributed by atoms with E-state index >= 15 is 0 Å². The summed E-state index contributed by atoms with van der Waals surface area (Å²) in [5.74, 6) is 5.76. The molecule has 0 radical (unpaired) electrons. The summed E-state index contributed by atoms with van der Waals surface area (Å²) in [5, 5.41) is 1.97. The molecule has 2 aromatic rings. The number of benzene rings is 1. The van der Waals surface area contributed by atoms with Gasteiger partial charge >= 0.3 is 0 Å². The third kappa shape index (κ3) is 1.50. The molecule has 2 nitrogen and oxygen atoms in total. The van der Waals surface area contributed by atoms with Gasteiger partial charge in [-0.05, 0) is 12.2 Å². The van der Waals surface area contributed by atoms with E-state index in [4.69, 9.17) is 18.1 Å². The van der Waals surface area contributed by atoms with Crippen LogP contribution in [0.1, 0.15) is 0 Å². The van der Waals surface area contributed by atoms with Crippen molar-refractivity contribution in [2.75, 3.05) is 5.84 Å². The summed E-state index contributed by atoms with van der Waals surface area (Å²) in [6.07, 6.45) is 0. The monoisotopic (exact) mass is 208 g/mol. The predicted molar refractivity (Wildman–Crippen MR) is 58.7 cm³/mol. The molecular formula is C9H8N2S2. The first kappa shape index (κ1) is 8.47. The fourth-order valence-electron chi connectivity index (χ4n) is 1.13. The maximum absolute atomic E-state index is 5.76. The second kappa shape index (κ2) is 3.32. The SMILES string of the molecule is Nn1c(-c2ccccc2)csc1=S. The zero-order chi connectivity index (χ0) is 9.26. The molecule has 4 heteroatoms. The quantitative estimate of drug-likeness (QED) is 0.577. The molecule has 0 saturated heterocycles. The van der Waals surface area contributed by atoms with Crippen LogP contribution in [0.15, 0.2) is 35.7 Å². The lowest BCUT2D eigenvalue weighted by Crippen LogP contribution is -2.08. The van der Waals surface area contributed by atoms with Gasteiger partial charge < -0.3 is 5.84 Å². The van der Waals surface area contributed by atoms with Crippen molar-refractivity contribution in [2.45, 2.75) is 0 Å². The highest BCUT2D eigenvalue weighted by atomic mass is 32.1. The molecule has 0 amide bonds. The zero-order valence-corrected chi connectivity index (χ0v) is 8.44. The molecule has 0 unspecified atom stereocenters. The lowest BCUT2D eigenvalue weighted by molar-refractivity contribution is 1.02. The highest BCUT2D eigenvalue weighted by Crippen LogP contribution is 2.20. The smallest absolute Gasteiger partial charge is 0.180 e. The fraction of sp³-hybridized carbons (Fsp3) is 0. The van der Waals surface area contributed by atoms with Gasteiger partial charge in [0, 0.05) is 10.9 Å². The van der Waals surface area contributed by atoms with Gasteiger partial charge in [-0.25, -0.2) is 4.68 Å². The Morgan fingerprint density at radius 3 is 2.46 bits per heavy atom. The largest absolute Gasteiger partial charge is 0.337 e. The highest BCUT2D eigenvalue weighted by Gasteiger charge is 2.02. The van der Waals surface area contributed by atoms with Crippen LogP contribution < -0.4 is 5.84 Å². The lowest BCUT2D eigenvalue weighted by Gasteiger charge is -2.00. The number of nitrogens with zero attached hydrogens (tertiary/aromatic N) is 1. The van der Waals surface area contributed by atoms with E-state index in [9.17, 15) is 0 Å². The van der Waals surface area contributed by atoms with Crippen molar-refractivity contribution in [3.8, 4) is 11.3 Å². The van der Waals surface area contributed by atoms with Crippen LogP contribution >= 0.6 is 23.6 Å². The molecule has 2 N–H and O–H groups in total. The molecule has 0 aliphatic rings. The van der Waals surface area contributed by atoms with Gasteiger partial charge in [0.2, 0.25) is 0 Å². The van der Waals surface area contributed by atoms with E-state index in [-0.39, 0.29) is 0 Å². The van der Waals surface area contributed by atoms with Crippen LogP contribution in [0.3, 0.4) is 0 Å². The number of aromatic nitrogens is 1. The van der Waals surface area contributed by atoms with Crippen molar-refractivity contribution in [3.05, 3.63) is 39.7 Å². The molecule has 66 valence electrons. The summed E-state index contributed by atoms with van der Waals surface area (Å²) in [4.78, 5) is 0. The Balaban J connectivity index is 2.60. The molecule has 0 fully saturated rings. The molecule has 0 aliphatic carbocycles. The second-order valence-corrected chi connectivity index (χ2v) is 4.13. The van der Waals surface area contributed by atoms with Gasteiger partial charge in [0.1, 0.15) is 0 Å². The van der Waals surface area contributed by atoms with Gasteiger partial charge in [-0.1, -0.05) is 30.3 Å². The van der Waals surface area contributed by atoms with Gasteiger partial charge in [0.25, 0.3) is 0 Å². The van der Waals surface area contributed by atoms with Crippen LogP contribution in [0.5, 0.6) is 0 Å². The van der Waals surface area contributed by atoms with Gasteiger partial charge in [0.05, 0.1) is 5.69 Å². The minimum absolute atomic E-state index is 0.693. The van der Waals surface area contributed by atoms with Crippen molar-refractivity contribution < 1.29 is 0 Å². The summed E-state index contributed by atoms with van der Waals surface area (Å²) < 4.78 is 2.23. The van der Waals surface area contributed by atoms with Crippen molar-refractivity contribution >= 4 is 23.6 Å². The van der Waals surface area contributed by atoms with Gasteiger partial charge in [0.15, 0.2) is 3.95 Å². The Hall–Kier alpha value is -1.13. The number of hydrogen-bond acceptors (Lipinski definition) is 3. The third-order valence-corrected chi connectivity index (χ3v) is 3.02. The van der Waals surface area contributed by atoms with Gasteiger partial charge in [-0.15, -0.1) is 11.3 Å². The molecule has 1 aromatic heterocycles. The van der Waals surface area contributed by atoms with Crippen LogP contribution in [-0.4, -0.2) is 4.68 Å². The summed E-state index contributed by atoms with van der Waals surface area (Å²) >= 11 is 6.51. The number of rotatable bonds is 1. The standard InChI is InChI=1S/C9H8N2S2/c10-11-8(6-13-9(11)12)7-4-2-1-3-5-7/h1-6H,10H2. The van der Waals surface area contributed by atoms with E-state index in [1.165, 1.54) is 16.0 Å². The fourth-order valence-corrected chi connectivity index (χ4v) is 2.05. The average Bonchev–Trinajstić information content (AvgIpc) is 2.49. The molecule has 13 heavy (non-hydrogen) atoms. The molecule has 0 atom stereocenters. The maximum atomic E-state index is 5.76. The summed E-state index contributed by atoms with van der Waals surface area (Å²) in [6, 6.07) is 9.97. The maximum Gasteiger partial charge on any atom is 0.180 e. The second-order valence-electron chi connectivity index (χ2n) is 2.62. The molecule has 1 heterocycles. The highest BCUT2D eigenvalue weighted by molar-refractivity contribution is 7.73. The van der Waals surface area contributed by atoms with E-state index in [0.717, 1.165) is 11.3 Å². The van der Waals surface area contributed by atoms with Crippen LogP contribution in [0.25, 0.3) is 11.3 Å². The Bertz CT molecular complexity index is 456. The molecule has 1 aromatic carbocycles. The van der Waals surface area contributed by atoms with E-state index in [2.05, 4.69) is 0 Å². The Kier molecular flexibility index (Phi) is 2.16. The van der Waals surface area contributed by atoms with Crippen molar-refractivity contribution in [1.82, 2.24) is 4.68 Å². The normalized spacial score (nSPS) is 10.2. The molecule has 0 spiro atoms. The van der Waals surface area contributed by atoms with Gasteiger partial charge in [-0.3, -0.25) is 0 Å². The van der Waals surface area contributed by atoms with Crippen molar-refractivity contribution in [3.63, 3.8) is 0 Å². The van der Waals surface area contributed by atoms with Crippen LogP contribution in [0.2, 0.25) is 0 Å². The minimum Gasteiger partial charge on any atom is -0.337 e. The minimum atomic E-state index is 0.693. The molecular weight excluding hydrogens is 200 g/mol. The summed E-state index contributed by atoms with van der Waals surface area (Å²) in [6.45, 7) is 0. The Morgan fingerprint density at radius 1 is 1.23 bits per heavy atom. The summed E-state index contributed by atoms with van der Waals surface area (Å²) in [5.41, 5.74) is 2.06. The first-order chi connectivity index (χ1) is 6.29. The molecule has 0 saturated carbocycles. The van der Waals surface area contributed by atoms with Crippen molar-refractivity contribution in [2.24, 2.45) is 0 Å². The first-order valence-electron chi connectivity index (χ1n) is 3.80. The molecule has 0 aliphatic heterocycles. The first-order valence-corrected chi connectivity index (χ1v) is 5.09. The summed E-state index contributed by atoms with van der Waals surface area (Å²) in [7, 11) is 0. The number of hydrogen-bond donors (Lipinski definition) is 1. The number of thiazole rings is 1. The van der Waals surface area contributed by atoms with E-state index in [0.29, 0.717) is 3.95 Å². The van der Waals surface area contributed by atoms with Crippen molar-refractivity contribution in [1.29, 1.82) is 0 Å².